The molecule has 18 heavy (non-hydrogen) atoms. The lowest BCUT2D eigenvalue weighted by atomic mass is 9.96. The first-order valence-corrected chi connectivity index (χ1v) is 7.01. The molecule has 2 rings (SSSR count). The summed E-state index contributed by atoms with van der Waals surface area (Å²) in [6.45, 7) is 9.51. The van der Waals surface area contributed by atoms with Crippen molar-refractivity contribution in [3.8, 4) is 0 Å². The minimum Gasteiger partial charge on any atom is -0.448 e. The first-order valence-electron chi connectivity index (χ1n) is 7.01. The van der Waals surface area contributed by atoms with Gasteiger partial charge in [0.15, 0.2) is 5.89 Å². The van der Waals surface area contributed by atoms with E-state index in [9.17, 15) is 0 Å². The van der Waals surface area contributed by atoms with Crippen LogP contribution in [0.4, 0.5) is 0 Å². The number of nitrogens with zero attached hydrogens (tertiary/aromatic N) is 2. The van der Waals surface area contributed by atoms with Crippen molar-refractivity contribution in [3.63, 3.8) is 0 Å². The molecule has 2 heterocycles. The van der Waals surface area contributed by atoms with Crippen LogP contribution in [0.25, 0.3) is 0 Å². The predicted octanol–water partition coefficient (Wildman–Crippen LogP) is 2.32. The maximum Gasteiger partial charge on any atom is 0.197 e. The van der Waals surface area contributed by atoms with E-state index in [1.165, 1.54) is 0 Å². The van der Waals surface area contributed by atoms with E-state index in [2.05, 4.69) is 30.7 Å². The summed E-state index contributed by atoms with van der Waals surface area (Å²) in [6.07, 6.45) is 4.08. The summed E-state index contributed by atoms with van der Waals surface area (Å²) in [4.78, 5) is 7.13. The highest BCUT2D eigenvalue weighted by atomic mass is 16.3. The fourth-order valence-electron chi connectivity index (χ4n) is 2.50. The molecule has 0 amide bonds. The second-order valence-electron chi connectivity index (χ2n) is 5.65. The van der Waals surface area contributed by atoms with Crippen LogP contribution in [0.3, 0.4) is 0 Å². The van der Waals surface area contributed by atoms with Gasteiger partial charge >= 0.3 is 0 Å². The number of rotatable bonds is 4. The van der Waals surface area contributed by atoms with Crippen molar-refractivity contribution in [3.05, 3.63) is 17.8 Å². The second-order valence-corrected chi connectivity index (χ2v) is 5.65. The van der Waals surface area contributed by atoms with Crippen LogP contribution in [0.2, 0.25) is 0 Å². The maximum absolute atomic E-state index is 5.65. The van der Waals surface area contributed by atoms with Crippen molar-refractivity contribution in [2.75, 3.05) is 19.6 Å². The lowest BCUT2D eigenvalue weighted by Crippen LogP contribution is -2.37. The zero-order valence-electron chi connectivity index (χ0n) is 11.7. The van der Waals surface area contributed by atoms with Gasteiger partial charge in [0.1, 0.15) is 6.26 Å². The van der Waals surface area contributed by atoms with Gasteiger partial charge in [-0.3, -0.25) is 0 Å². The van der Waals surface area contributed by atoms with Gasteiger partial charge < -0.3 is 15.1 Å². The lowest BCUT2D eigenvalue weighted by Gasteiger charge is -2.33. The van der Waals surface area contributed by atoms with Gasteiger partial charge in [0, 0.05) is 24.4 Å². The summed E-state index contributed by atoms with van der Waals surface area (Å²) in [5.74, 6) is 1.69. The van der Waals surface area contributed by atoms with Gasteiger partial charge in [-0.05, 0) is 39.8 Å². The Morgan fingerprint density at radius 2 is 2.06 bits per heavy atom. The fraction of sp³-hybridized carbons (Fsp3) is 0.786. The largest absolute Gasteiger partial charge is 0.448 e. The first-order chi connectivity index (χ1) is 8.61. The number of hydrogen-bond donors (Lipinski definition) is 1. The van der Waals surface area contributed by atoms with Crippen molar-refractivity contribution in [2.24, 2.45) is 5.73 Å². The molecule has 1 aliphatic heterocycles. The van der Waals surface area contributed by atoms with E-state index in [0.717, 1.165) is 37.5 Å². The summed E-state index contributed by atoms with van der Waals surface area (Å²) in [6, 6.07) is 0.642. The molecule has 1 aromatic rings. The Labute approximate surface area is 110 Å². The Morgan fingerprint density at radius 3 is 2.61 bits per heavy atom. The van der Waals surface area contributed by atoms with E-state index in [0.29, 0.717) is 24.4 Å². The third-order valence-corrected chi connectivity index (χ3v) is 4.01. The monoisotopic (exact) mass is 251 g/mol. The zero-order chi connectivity index (χ0) is 13.1. The molecule has 1 aromatic heterocycles. The molecule has 1 fully saturated rings. The van der Waals surface area contributed by atoms with E-state index in [1.54, 1.807) is 6.26 Å². The molecule has 102 valence electrons. The van der Waals surface area contributed by atoms with Crippen LogP contribution in [0.1, 0.15) is 57.0 Å². The maximum atomic E-state index is 5.65. The molecule has 1 unspecified atom stereocenters. The summed E-state index contributed by atoms with van der Waals surface area (Å²) in [7, 11) is 0. The van der Waals surface area contributed by atoms with E-state index in [1.807, 2.05) is 0 Å². The molecule has 0 bridgehead atoms. The molecule has 0 spiro atoms. The van der Waals surface area contributed by atoms with Gasteiger partial charge in [0.05, 0.1) is 5.69 Å². The van der Waals surface area contributed by atoms with E-state index < -0.39 is 0 Å². The van der Waals surface area contributed by atoms with E-state index in [4.69, 9.17) is 10.2 Å². The highest BCUT2D eigenvalue weighted by Crippen LogP contribution is 2.29. The van der Waals surface area contributed by atoms with Crippen LogP contribution in [-0.4, -0.2) is 35.6 Å². The third kappa shape index (κ3) is 2.93. The highest BCUT2D eigenvalue weighted by Gasteiger charge is 2.25. The van der Waals surface area contributed by atoms with Crippen molar-refractivity contribution in [2.45, 2.75) is 51.5 Å². The van der Waals surface area contributed by atoms with E-state index in [-0.39, 0.29) is 0 Å². The average Bonchev–Trinajstić information content (AvgIpc) is 2.87. The van der Waals surface area contributed by atoms with Crippen molar-refractivity contribution in [1.29, 1.82) is 0 Å². The molecule has 0 aromatic carbocycles. The standard InChI is InChI=1S/C14H25N3O/c1-10(2)17-6-4-12(5-7-17)14-16-13(9-18-14)11(3)8-15/h9-12H,4-8,15H2,1-3H3. The first kappa shape index (κ1) is 13.6. The van der Waals surface area contributed by atoms with Gasteiger partial charge in [-0.15, -0.1) is 0 Å². The smallest absolute Gasteiger partial charge is 0.197 e. The number of nitrogens with two attached hydrogens (primary N) is 1. The normalized spacial score (nSPS) is 20.5. The average molecular weight is 251 g/mol. The van der Waals surface area contributed by atoms with Crippen LogP contribution >= 0.6 is 0 Å². The van der Waals surface area contributed by atoms with Crippen LogP contribution in [0.5, 0.6) is 0 Å². The summed E-state index contributed by atoms with van der Waals surface area (Å²) in [5, 5.41) is 0. The quantitative estimate of drug-likeness (QED) is 0.892. The molecule has 1 aliphatic rings. The molecule has 0 aliphatic carbocycles. The molecule has 1 atom stereocenters. The van der Waals surface area contributed by atoms with Crippen LogP contribution in [-0.2, 0) is 0 Å². The molecular weight excluding hydrogens is 226 g/mol. The third-order valence-electron chi connectivity index (χ3n) is 4.01. The topological polar surface area (TPSA) is 55.3 Å². The molecular formula is C14H25N3O. The Bertz CT molecular complexity index is 367. The Kier molecular flexibility index (Phi) is 4.40. The summed E-state index contributed by atoms with van der Waals surface area (Å²) in [5.41, 5.74) is 6.65. The van der Waals surface area contributed by atoms with Gasteiger partial charge in [0.25, 0.3) is 0 Å². The minimum atomic E-state index is 0.290. The molecule has 2 N–H and O–H groups in total. The highest BCUT2D eigenvalue weighted by molar-refractivity contribution is 5.07. The Balaban J connectivity index is 1.95. The SMILES string of the molecule is CC(CN)c1coc(C2CCN(C(C)C)CC2)n1. The van der Waals surface area contributed by atoms with Crippen LogP contribution in [0, 0.1) is 0 Å². The summed E-state index contributed by atoms with van der Waals surface area (Å²) >= 11 is 0. The summed E-state index contributed by atoms with van der Waals surface area (Å²) < 4.78 is 5.64. The fourth-order valence-corrected chi connectivity index (χ4v) is 2.50. The lowest BCUT2D eigenvalue weighted by molar-refractivity contribution is 0.163. The number of likely N-dealkylation sites (tertiary alicyclic amines) is 1. The van der Waals surface area contributed by atoms with Crippen molar-refractivity contribution >= 4 is 0 Å². The van der Waals surface area contributed by atoms with Crippen molar-refractivity contribution < 1.29 is 4.42 Å². The molecule has 0 saturated carbocycles. The number of piperidine rings is 1. The molecule has 1 saturated heterocycles. The second kappa shape index (κ2) is 5.85. The van der Waals surface area contributed by atoms with Gasteiger partial charge in [-0.25, -0.2) is 4.98 Å². The molecule has 0 radical (unpaired) electrons. The zero-order valence-corrected chi connectivity index (χ0v) is 11.7. The number of aromatic nitrogens is 1. The Hall–Kier alpha value is -0.870. The van der Waals surface area contributed by atoms with Crippen molar-refractivity contribution in [1.82, 2.24) is 9.88 Å². The van der Waals surface area contributed by atoms with Gasteiger partial charge in [-0.2, -0.15) is 0 Å². The van der Waals surface area contributed by atoms with Crippen LogP contribution in [0.15, 0.2) is 10.7 Å². The molecule has 4 heteroatoms. The van der Waals surface area contributed by atoms with Gasteiger partial charge in [-0.1, -0.05) is 6.92 Å². The van der Waals surface area contributed by atoms with E-state index >= 15 is 0 Å². The van der Waals surface area contributed by atoms with Crippen LogP contribution < -0.4 is 5.73 Å². The molecule has 4 nitrogen and oxygen atoms in total. The Morgan fingerprint density at radius 1 is 1.39 bits per heavy atom. The predicted molar refractivity (Wildman–Crippen MR) is 72.7 cm³/mol. The number of oxazole rings is 1. The van der Waals surface area contributed by atoms with Gasteiger partial charge in [0.2, 0.25) is 0 Å². The number of hydrogen-bond acceptors (Lipinski definition) is 4. The minimum absolute atomic E-state index is 0.290.